The SMILES string of the molecule is Cc1ccc2c(C(=O)CCCl)c[nH]c2c1. The maximum absolute atomic E-state index is 11.7. The average molecular weight is 222 g/mol. The number of carbonyl (C=O) groups excluding carboxylic acids is 1. The second kappa shape index (κ2) is 4.07. The second-order valence-corrected chi connectivity index (χ2v) is 3.99. The number of aromatic nitrogens is 1. The van der Waals surface area contributed by atoms with Crippen LogP contribution in [0.5, 0.6) is 0 Å². The quantitative estimate of drug-likeness (QED) is 0.626. The van der Waals surface area contributed by atoms with Crippen molar-refractivity contribution in [3.63, 3.8) is 0 Å². The Morgan fingerprint density at radius 2 is 2.27 bits per heavy atom. The van der Waals surface area contributed by atoms with Gasteiger partial charge in [0.05, 0.1) is 0 Å². The highest BCUT2D eigenvalue weighted by atomic mass is 35.5. The van der Waals surface area contributed by atoms with E-state index in [2.05, 4.69) is 4.98 Å². The van der Waals surface area contributed by atoms with E-state index in [0.29, 0.717) is 12.3 Å². The summed E-state index contributed by atoms with van der Waals surface area (Å²) in [6, 6.07) is 6.02. The number of fused-ring (bicyclic) bond motifs is 1. The van der Waals surface area contributed by atoms with Crippen molar-refractivity contribution in [1.82, 2.24) is 4.98 Å². The zero-order valence-corrected chi connectivity index (χ0v) is 9.27. The van der Waals surface area contributed by atoms with Gasteiger partial charge in [0.25, 0.3) is 0 Å². The number of aryl methyl sites for hydroxylation is 1. The number of aromatic amines is 1. The van der Waals surface area contributed by atoms with Crippen molar-refractivity contribution in [1.29, 1.82) is 0 Å². The highest BCUT2D eigenvalue weighted by molar-refractivity contribution is 6.20. The molecule has 78 valence electrons. The second-order valence-electron chi connectivity index (χ2n) is 3.61. The van der Waals surface area contributed by atoms with Crippen LogP contribution in [0.4, 0.5) is 0 Å². The zero-order valence-electron chi connectivity index (χ0n) is 8.51. The minimum atomic E-state index is 0.0973. The maximum atomic E-state index is 11.7. The van der Waals surface area contributed by atoms with Gasteiger partial charge in [0.15, 0.2) is 5.78 Å². The minimum Gasteiger partial charge on any atom is -0.360 e. The number of hydrogen-bond acceptors (Lipinski definition) is 1. The van der Waals surface area contributed by atoms with Gasteiger partial charge in [-0.05, 0) is 18.6 Å². The van der Waals surface area contributed by atoms with Crippen molar-refractivity contribution in [3.05, 3.63) is 35.5 Å². The van der Waals surface area contributed by atoms with Crippen LogP contribution in [0, 0.1) is 6.92 Å². The molecule has 1 aromatic heterocycles. The molecule has 0 saturated carbocycles. The molecule has 0 atom stereocenters. The van der Waals surface area contributed by atoms with Crippen LogP contribution in [0.25, 0.3) is 10.9 Å². The van der Waals surface area contributed by atoms with Gasteiger partial charge in [0.2, 0.25) is 0 Å². The zero-order chi connectivity index (χ0) is 10.8. The van der Waals surface area contributed by atoms with Gasteiger partial charge in [-0.15, -0.1) is 11.6 Å². The molecule has 0 unspecified atom stereocenters. The molecule has 0 fully saturated rings. The molecule has 0 spiro atoms. The van der Waals surface area contributed by atoms with Crippen LogP contribution in [0.1, 0.15) is 22.3 Å². The topological polar surface area (TPSA) is 32.9 Å². The van der Waals surface area contributed by atoms with Crippen LogP contribution in [0.3, 0.4) is 0 Å². The summed E-state index contributed by atoms with van der Waals surface area (Å²) >= 11 is 5.56. The molecule has 2 aromatic rings. The largest absolute Gasteiger partial charge is 0.360 e. The molecule has 0 amide bonds. The number of ketones is 1. The maximum Gasteiger partial charge on any atom is 0.166 e. The Kier molecular flexibility index (Phi) is 2.78. The third-order valence-corrected chi connectivity index (χ3v) is 2.65. The number of carbonyl (C=O) groups is 1. The van der Waals surface area contributed by atoms with Crippen LogP contribution < -0.4 is 0 Å². The Morgan fingerprint density at radius 3 is 3.00 bits per heavy atom. The fourth-order valence-electron chi connectivity index (χ4n) is 1.69. The third-order valence-electron chi connectivity index (χ3n) is 2.46. The fraction of sp³-hybridized carbons (Fsp3) is 0.250. The molecule has 0 bridgehead atoms. The molecule has 1 heterocycles. The molecule has 0 aliphatic rings. The number of rotatable bonds is 3. The summed E-state index contributed by atoms with van der Waals surface area (Å²) in [5.74, 6) is 0.470. The lowest BCUT2D eigenvalue weighted by Crippen LogP contribution is -1.98. The van der Waals surface area contributed by atoms with Gasteiger partial charge < -0.3 is 4.98 Å². The minimum absolute atomic E-state index is 0.0973. The summed E-state index contributed by atoms with van der Waals surface area (Å²) in [6.45, 7) is 2.03. The Morgan fingerprint density at radius 1 is 1.47 bits per heavy atom. The number of hydrogen-bond donors (Lipinski definition) is 1. The standard InChI is InChI=1S/C12H12ClNO/c1-8-2-3-9-10(12(15)4-5-13)7-14-11(9)6-8/h2-3,6-7,14H,4-5H2,1H3. The first-order valence-electron chi connectivity index (χ1n) is 4.89. The van der Waals surface area contributed by atoms with Gasteiger partial charge in [-0.2, -0.15) is 0 Å². The van der Waals surface area contributed by atoms with E-state index in [0.717, 1.165) is 16.5 Å². The Labute approximate surface area is 93.2 Å². The van der Waals surface area contributed by atoms with Gasteiger partial charge in [0, 0.05) is 35.0 Å². The average Bonchev–Trinajstić information content (AvgIpc) is 2.60. The smallest absolute Gasteiger partial charge is 0.166 e. The van der Waals surface area contributed by atoms with Crippen LogP contribution >= 0.6 is 11.6 Å². The lowest BCUT2D eigenvalue weighted by Gasteiger charge is -1.97. The molecule has 0 saturated heterocycles. The number of Topliss-reactive ketones (excluding diaryl/α,β-unsaturated/α-hetero) is 1. The molecule has 2 nitrogen and oxygen atoms in total. The predicted octanol–water partition coefficient (Wildman–Crippen LogP) is 3.29. The molecule has 15 heavy (non-hydrogen) atoms. The third kappa shape index (κ3) is 1.90. The van der Waals surface area contributed by atoms with Gasteiger partial charge >= 0.3 is 0 Å². The highest BCUT2D eigenvalue weighted by Crippen LogP contribution is 2.20. The Bertz CT molecular complexity index is 501. The Hall–Kier alpha value is -1.28. The normalized spacial score (nSPS) is 10.8. The van der Waals surface area contributed by atoms with Crippen molar-refractivity contribution in [2.45, 2.75) is 13.3 Å². The summed E-state index contributed by atoms with van der Waals surface area (Å²) in [4.78, 5) is 14.8. The first kappa shape index (κ1) is 10.2. The van der Waals surface area contributed by atoms with Crippen molar-refractivity contribution >= 4 is 28.3 Å². The molecule has 0 radical (unpaired) electrons. The van der Waals surface area contributed by atoms with E-state index < -0.39 is 0 Å². The van der Waals surface area contributed by atoms with Crippen molar-refractivity contribution in [2.75, 3.05) is 5.88 Å². The molecule has 0 aliphatic carbocycles. The number of halogens is 1. The number of nitrogens with one attached hydrogen (secondary N) is 1. The van der Waals surface area contributed by atoms with Crippen LogP contribution in [-0.2, 0) is 0 Å². The molecular weight excluding hydrogens is 210 g/mol. The van der Waals surface area contributed by atoms with Crippen molar-refractivity contribution < 1.29 is 4.79 Å². The Balaban J connectivity index is 2.49. The molecule has 2 rings (SSSR count). The van der Waals surface area contributed by atoms with Gasteiger partial charge in [-0.3, -0.25) is 4.79 Å². The van der Waals surface area contributed by atoms with Crippen LogP contribution in [0.2, 0.25) is 0 Å². The monoisotopic (exact) mass is 221 g/mol. The van der Waals surface area contributed by atoms with E-state index in [1.54, 1.807) is 6.20 Å². The number of benzene rings is 1. The molecule has 1 N–H and O–H groups in total. The first-order chi connectivity index (χ1) is 7.22. The lowest BCUT2D eigenvalue weighted by molar-refractivity contribution is 0.0991. The van der Waals surface area contributed by atoms with Crippen LogP contribution in [-0.4, -0.2) is 16.6 Å². The summed E-state index contributed by atoms with van der Waals surface area (Å²) in [5.41, 5.74) is 2.93. The predicted molar refractivity (Wildman–Crippen MR) is 62.7 cm³/mol. The van der Waals surface area contributed by atoms with E-state index in [1.807, 2.05) is 25.1 Å². The van der Waals surface area contributed by atoms with E-state index >= 15 is 0 Å². The van der Waals surface area contributed by atoms with E-state index in [1.165, 1.54) is 5.56 Å². The molecular formula is C12H12ClNO. The number of H-pyrrole nitrogens is 1. The highest BCUT2D eigenvalue weighted by Gasteiger charge is 2.10. The fourth-order valence-corrected chi connectivity index (χ4v) is 1.86. The van der Waals surface area contributed by atoms with Crippen LogP contribution in [0.15, 0.2) is 24.4 Å². The summed E-state index contributed by atoms with van der Waals surface area (Å²) in [7, 11) is 0. The van der Waals surface area contributed by atoms with Gasteiger partial charge in [-0.25, -0.2) is 0 Å². The number of alkyl halides is 1. The van der Waals surface area contributed by atoms with E-state index in [-0.39, 0.29) is 5.78 Å². The van der Waals surface area contributed by atoms with Crippen molar-refractivity contribution in [3.8, 4) is 0 Å². The molecule has 0 aliphatic heterocycles. The van der Waals surface area contributed by atoms with Gasteiger partial charge in [-0.1, -0.05) is 12.1 Å². The van der Waals surface area contributed by atoms with Gasteiger partial charge in [0.1, 0.15) is 0 Å². The van der Waals surface area contributed by atoms with E-state index in [9.17, 15) is 4.79 Å². The van der Waals surface area contributed by atoms with Crippen molar-refractivity contribution in [2.24, 2.45) is 0 Å². The van der Waals surface area contributed by atoms with E-state index in [4.69, 9.17) is 11.6 Å². The summed E-state index contributed by atoms with van der Waals surface area (Å²) in [6.07, 6.45) is 2.15. The first-order valence-corrected chi connectivity index (χ1v) is 5.42. The lowest BCUT2D eigenvalue weighted by atomic mass is 10.1. The molecule has 1 aromatic carbocycles. The summed E-state index contributed by atoms with van der Waals surface area (Å²) < 4.78 is 0. The summed E-state index contributed by atoms with van der Waals surface area (Å²) in [5, 5.41) is 0.982. The molecule has 3 heteroatoms.